The minimum absolute atomic E-state index is 0.189. The van der Waals surface area contributed by atoms with Gasteiger partial charge in [0.1, 0.15) is 23.3 Å². The molecule has 6 nitrogen and oxygen atoms in total. The van der Waals surface area contributed by atoms with Gasteiger partial charge in [0, 0.05) is 11.8 Å². The van der Waals surface area contributed by atoms with Gasteiger partial charge in [-0.05, 0) is 36.4 Å². The largest absolute Gasteiger partial charge is 0.506 e. The number of halogens is 11. The summed E-state index contributed by atoms with van der Waals surface area (Å²) in [6.45, 7) is 0. The fourth-order valence-electron chi connectivity index (χ4n) is 2.52. The maximum atomic E-state index is 13.8. The number of hydrogen-bond acceptors (Lipinski definition) is 5. The van der Waals surface area contributed by atoms with Crippen molar-refractivity contribution in [2.45, 2.75) is 29.7 Å². The van der Waals surface area contributed by atoms with Crippen LogP contribution < -0.4 is 14.8 Å². The molecule has 2 atom stereocenters. The van der Waals surface area contributed by atoms with Gasteiger partial charge in [0.25, 0.3) is 17.2 Å². The van der Waals surface area contributed by atoms with Gasteiger partial charge in [-0.3, -0.25) is 4.79 Å². The number of carbonyl (C=O) groups excluding carboxylic acids is 1. The first-order valence-corrected chi connectivity index (χ1v) is 10.4. The number of aliphatic hydroxyl groups excluding tert-OH is 1. The highest BCUT2D eigenvalue weighted by atomic mass is 35.5. The van der Waals surface area contributed by atoms with E-state index >= 15 is 0 Å². The molecule has 0 fully saturated rings. The Hall–Kier alpha value is -3.51. The van der Waals surface area contributed by atoms with Crippen LogP contribution in [-0.2, 0) is 11.0 Å². The molecule has 0 spiro atoms. The lowest BCUT2D eigenvalue weighted by atomic mass is 10.1. The summed E-state index contributed by atoms with van der Waals surface area (Å²) in [6, 6.07) is 5.18. The van der Waals surface area contributed by atoms with Gasteiger partial charge in [-0.1, -0.05) is 23.2 Å². The highest BCUT2D eigenvalue weighted by Gasteiger charge is 2.44. The third kappa shape index (κ3) is 7.51. The average Bonchev–Trinajstić information content (AvgIpc) is 2.78. The second kappa shape index (κ2) is 11.5. The minimum atomic E-state index is -4.87. The first-order valence-electron chi connectivity index (χ1n) is 9.55. The van der Waals surface area contributed by atoms with E-state index in [1.165, 1.54) is 6.07 Å². The van der Waals surface area contributed by atoms with Crippen LogP contribution in [0.25, 0.3) is 5.76 Å². The number of nitrogens with one attached hydrogen (secondary N) is 1. The van der Waals surface area contributed by atoms with Gasteiger partial charge < -0.3 is 19.9 Å². The molecule has 38 heavy (non-hydrogen) atoms. The predicted molar refractivity (Wildman–Crippen MR) is 114 cm³/mol. The van der Waals surface area contributed by atoms with E-state index in [0.29, 0.717) is 24.3 Å². The minimum Gasteiger partial charge on any atom is -0.506 e. The first-order chi connectivity index (χ1) is 17.4. The molecule has 2 N–H and O–H groups in total. The molecule has 0 saturated heterocycles. The number of carbonyl (C=O) groups is 1. The van der Waals surface area contributed by atoms with Crippen LogP contribution in [0.2, 0.25) is 0 Å². The summed E-state index contributed by atoms with van der Waals surface area (Å²) in [5.41, 5.74) is -10.5. The Bertz CT molecular complexity index is 1240. The van der Waals surface area contributed by atoms with E-state index in [9.17, 15) is 54.7 Å². The molecule has 0 aliphatic heterocycles. The molecule has 2 rings (SSSR count). The molecule has 0 bridgehead atoms. The van der Waals surface area contributed by atoms with Crippen LogP contribution in [0.1, 0.15) is 11.1 Å². The van der Waals surface area contributed by atoms with Crippen LogP contribution in [0, 0.1) is 11.3 Å². The molecule has 0 radical (unpaired) electrons. The van der Waals surface area contributed by atoms with Crippen molar-refractivity contribution in [2.75, 3.05) is 5.32 Å². The van der Waals surface area contributed by atoms with Gasteiger partial charge in [0.2, 0.25) is 0 Å². The maximum absolute atomic E-state index is 13.8. The van der Waals surface area contributed by atoms with E-state index in [-0.39, 0.29) is 11.8 Å². The number of nitriles is 1. The predicted octanol–water partition coefficient (Wildman–Crippen LogP) is 7.15. The maximum Gasteiger partial charge on any atom is 0.444 e. The lowest BCUT2D eigenvalue weighted by molar-refractivity contribution is -0.202. The molecule has 2 aromatic rings. The molecule has 0 aromatic heterocycles. The topological polar surface area (TPSA) is 91.6 Å². The van der Waals surface area contributed by atoms with Gasteiger partial charge in [0.15, 0.2) is 5.57 Å². The van der Waals surface area contributed by atoms with E-state index in [4.69, 9.17) is 0 Å². The smallest absolute Gasteiger partial charge is 0.444 e. The lowest BCUT2D eigenvalue weighted by Gasteiger charge is -2.22. The van der Waals surface area contributed by atoms with Gasteiger partial charge in [-0.2, -0.15) is 36.0 Å². The standard InChI is InChI=1S/C21H11Cl2F9N2O4/c22-17(24)20(29,30)37-11-5-6-12(14(7-11)38-21(31,32)18(23)25)15(35)13(8-33)16(36)34-10-3-1-9(2-4-10)19(26,27)28/h1-7,17-18,35H,(H,34,36). The van der Waals surface area contributed by atoms with E-state index in [0.717, 1.165) is 12.1 Å². The number of aliphatic hydroxyl groups is 1. The van der Waals surface area contributed by atoms with E-state index in [1.807, 2.05) is 5.32 Å². The third-order valence-corrected chi connectivity index (χ3v) is 4.77. The van der Waals surface area contributed by atoms with Gasteiger partial charge in [0.05, 0.1) is 11.1 Å². The van der Waals surface area contributed by atoms with Crippen LogP contribution in [-0.4, -0.2) is 34.5 Å². The molecule has 0 saturated carbocycles. The lowest BCUT2D eigenvalue weighted by Crippen LogP contribution is -2.34. The molecule has 0 aliphatic rings. The van der Waals surface area contributed by atoms with Crippen molar-refractivity contribution < 1.29 is 58.9 Å². The summed E-state index contributed by atoms with van der Waals surface area (Å²) in [5.74, 6) is -5.35. The van der Waals surface area contributed by atoms with Crippen molar-refractivity contribution in [2.24, 2.45) is 0 Å². The van der Waals surface area contributed by atoms with Crippen LogP contribution >= 0.6 is 23.2 Å². The van der Waals surface area contributed by atoms with Crippen molar-refractivity contribution >= 4 is 40.6 Å². The van der Waals surface area contributed by atoms with Gasteiger partial charge in [-0.25, -0.2) is 8.78 Å². The van der Waals surface area contributed by atoms with Gasteiger partial charge in [-0.15, -0.1) is 0 Å². The molecule has 0 aliphatic carbocycles. The number of hydrogen-bond donors (Lipinski definition) is 2. The normalized spacial score (nSPS) is 14.6. The fourth-order valence-corrected chi connectivity index (χ4v) is 2.61. The van der Waals surface area contributed by atoms with Crippen molar-refractivity contribution in [1.29, 1.82) is 5.26 Å². The van der Waals surface area contributed by atoms with E-state index in [1.54, 1.807) is 0 Å². The average molecular weight is 597 g/mol. The summed E-state index contributed by atoms with van der Waals surface area (Å²) in [4.78, 5) is 12.5. The number of alkyl halides is 11. The fraction of sp³-hybridized carbons (Fsp3) is 0.238. The second-order valence-electron chi connectivity index (χ2n) is 6.95. The Labute approximate surface area is 216 Å². The molecule has 2 aromatic carbocycles. The Kier molecular flexibility index (Phi) is 9.28. The highest BCUT2D eigenvalue weighted by Crippen LogP contribution is 2.38. The monoisotopic (exact) mass is 596 g/mol. The Morgan fingerprint density at radius 3 is 1.92 bits per heavy atom. The van der Waals surface area contributed by atoms with E-state index in [2.05, 4.69) is 32.7 Å². The summed E-state index contributed by atoms with van der Waals surface area (Å²) >= 11 is 9.33. The molecule has 2 unspecified atom stereocenters. The summed E-state index contributed by atoms with van der Waals surface area (Å²) < 4.78 is 126. The number of anilines is 1. The number of ether oxygens (including phenoxy) is 2. The van der Waals surface area contributed by atoms with Crippen molar-refractivity contribution in [3.8, 4) is 17.6 Å². The van der Waals surface area contributed by atoms with E-state index < -0.39 is 69.5 Å². The number of amides is 1. The van der Waals surface area contributed by atoms with Crippen molar-refractivity contribution in [1.82, 2.24) is 0 Å². The Morgan fingerprint density at radius 1 is 0.921 bits per heavy atom. The molecular weight excluding hydrogens is 586 g/mol. The zero-order valence-electron chi connectivity index (χ0n) is 18.0. The summed E-state index contributed by atoms with van der Waals surface area (Å²) in [7, 11) is 0. The van der Waals surface area contributed by atoms with Crippen LogP contribution in [0.4, 0.5) is 45.2 Å². The van der Waals surface area contributed by atoms with Crippen molar-refractivity contribution in [3.63, 3.8) is 0 Å². The number of nitrogens with zero attached hydrogens (tertiary/aromatic N) is 1. The SMILES string of the molecule is N#CC(C(=O)Nc1ccc(C(F)(F)F)cc1)=C(O)c1ccc(OC(F)(F)C(F)Cl)cc1OC(F)(F)C(F)Cl. The Morgan fingerprint density at radius 2 is 1.45 bits per heavy atom. The van der Waals surface area contributed by atoms with Crippen LogP contribution in [0.5, 0.6) is 11.5 Å². The van der Waals surface area contributed by atoms with Gasteiger partial charge >= 0.3 is 18.4 Å². The Balaban J connectivity index is 2.52. The number of benzene rings is 2. The molecule has 0 heterocycles. The molecule has 1 amide bonds. The first kappa shape index (κ1) is 30.7. The zero-order valence-corrected chi connectivity index (χ0v) is 19.5. The highest BCUT2D eigenvalue weighted by molar-refractivity contribution is 6.20. The number of rotatable bonds is 9. The molecular formula is C21H11Cl2F9N2O4. The summed E-state index contributed by atoms with van der Waals surface area (Å²) in [5, 5.41) is 21.7. The van der Waals surface area contributed by atoms with Crippen LogP contribution in [0.3, 0.4) is 0 Å². The third-order valence-electron chi connectivity index (χ3n) is 4.26. The zero-order chi connectivity index (χ0) is 29.1. The van der Waals surface area contributed by atoms with Crippen LogP contribution in [0.15, 0.2) is 48.0 Å². The van der Waals surface area contributed by atoms with Crippen molar-refractivity contribution in [3.05, 3.63) is 59.2 Å². The molecule has 17 heteroatoms. The molecule has 206 valence electrons. The second-order valence-corrected chi connectivity index (χ2v) is 7.72. The quantitative estimate of drug-likeness (QED) is 0.105. The summed E-state index contributed by atoms with van der Waals surface area (Å²) in [6.07, 6.45) is -14.3.